The van der Waals surface area contributed by atoms with Crippen molar-refractivity contribution in [1.82, 2.24) is 0 Å². The van der Waals surface area contributed by atoms with Gasteiger partial charge in [-0.05, 0) is 67.0 Å². The van der Waals surface area contributed by atoms with Crippen LogP contribution in [-0.4, -0.2) is 47.3 Å². The van der Waals surface area contributed by atoms with Crippen molar-refractivity contribution in [1.29, 1.82) is 0 Å². The molecule has 0 saturated carbocycles. The number of esters is 2. The quantitative estimate of drug-likeness (QED) is 0.0738. The number of carbonyl (C=O) groups is 4. The number of benzene rings is 3. The number of aryl methyl sites for hydroxylation is 1. The van der Waals surface area contributed by atoms with Gasteiger partial charge in [0.2, 0.25) is 0 Å². The van der Waals surface area contributed by atoms with Crippen molar-refractivity contribution in [2.75, 3.05) is 13.2 Å². The highest BCUT2D eigenvalue weighted by atomic mass is 16.5. The van der Waals surface area contributed by atoms with Crippen molar-refractivity contribution in [3.8, 4) is 0 Å². The van der Waals surface area contributed by atoms with E-state index >= 15 is 0 Å². The number of carbonyl (C=O) groups excluding carboxylic acids is 2. The first-order chi connectivity index (χ1) is 24.7. The third kappa shape index (κ3) is 16.0. The van der Waals surface area contributed by atoms with Crippen molar-refractivity contribution >= 4 is 23.9 Å². The molecule has 3 aromatic carbocycles. The predicted molar refractivity (Wildman–Crippen MR) is 202 cm³/mol. The zero-order valence-electron chi connectivity index (χ0n) is 30.9. The predicted octanol–water partition coefficient (Wildman–Crippen LogP) is 10.7. The molecule has 0 bridgehead atoms. The minimum atomic E-state index is -1.21. The molecular weight excluding hydrogens is 644 g/mol. The van der Waals surface area contributed by atoms with Gasteiger partial charge in [0.05, 0.1) is 35.5 Å². The Morgan fingerprint density at radius 2 is 0.980 bits per heavy atom. The normalized spacial score (nSPS) is 10.6. The van der Waals surface area contributed by atoms with Crippen LogP contribution >= 0.6 is 0 Å². The van der Waals surface area contributed by atoms with Crippen molar-refractivity contribution in [3.05, 3.63) is 106 Å². The highest BCUT2D eigenvalue weighted by molar-refractivity contribution is 6.04. The van der Waals surface area contributed by atoms with Crippen LogP contribution in [0.15, 0.2) is 66.7 Å². The van der Waals surface area contributed by atoms with E-state index in [0.29, 0.717) is 36.3 Å². The molecule has 0 spiro atoms. The van der Waals surface area contributed by atoms with Crippen LogP contribution in [-0.2, 0) is 22.3 Å². The van der Waals surface area contributed by atoms with Crippen LogP contribution in [0, 0.1) is 0 Å². The van der Waals surface area contributed by atoms with Crippen LogP contribution < -0.4 is 0 Å². The smallest absolute Gasteiger partial charge is 0.339 e. The van der Waals surface area contributed by atoms with Crippen LogP contribution in [0.25, 0.3) is 0 Å². The van der Waals surface area contributed by atoms with Gasteiger partial charge in [-0.2, -0.15) is 0 Å². The van der Waals surface area contributed by atoms with Crippen LogP contribution in [0.4, 0.5) is 0 Å². The van der Waals surface area contributed by atoms with E-state index in [2.05, 4.69) is 20.8 Å². The fourth-order valence-corrected chi connectivity index (χ4v) is 5.81. The zero-order chi connectivity index (χ0) is 37.3. The molecule has 278 valence electrons. The van der Waals surface area contributed by atoms with E-state index in [1.54, 1.807) is 30.3 Å². The average molecular weight is 703 g/mol. The van der Waals surface area contributed by atoms with Gasteiger partial charge in [-0.1, -0.05) is 140 Å². The largest absolute Gasteiger partial charge is 0.478 e. The van der Waals surface area contributed by atoms with E-state index in [1.165, 1.54) is 57.4 Å². The first-order valence-corrected chi connectivity index (χ1v) is 18.8. The maximum absolute atomic E-state index is 12.4. The van der Waals surface area contributed by atoms with Crippen LogP contribution in [0.2, 0.25) is 0 Å². The van der Waals surface area contributed by atoms with Gasteiger partial charge < -0.3 is 19.7 Å². The Morgan fingerprint density at radius 1 is 0.510 bits per heavy atom. The number of carboxylic acid groups (broad SMARTS) is 2. The van der Waals surface area contributed by atoms with Gasteiger partial charge in [0.1, 0.15) is 0 Å². The summed E-state index contributed by atoms with van der Waals surface area (Å²) in [6.45, 7) is 7.24. The molecule has 0 radical (unpaired) electrons. The van der Waals surface area contributed by atoms with Crippen molar-refractivity contribution in [3.63, 3.8) is 0 Å². The Labute approximate surface area is 304 Å². The molecule has 0 heterocycles. The summed E-state index contributed by atoms with van der Waals surface area (Å²) in [6, 6.07) is 19.4. The van der Waals surface area contributed by atoms with Crippen LogP contribution in [0.3, 0.4) is 0 Å². The average Bonchev–Trinajstić information content (AvgIpc) is 3.13. The lowest BCUT2D eigenvalue weighted by Gasteiger charge is -2.15. The number of aromatic carboxylic acids is 2. The summed E-state index contributed by atoms with van der Waals surface area (Å²) < 4.78 is 10.7. The maximum Gasteiger partial charge on any atom is 0.339 e. The molecule has 0 aliphatic heterocycles. The SMILES string of the molecule is CCCCCCCCOC(=O)c1ccccc1C(=O)OCCCCCCCC.CCCCc1ccc(C(=O)O)c(C(=O)O)c1Cc1ccccc1. The van der Waals surface area contributed by atoms with Crippen molar-refractivity contribution in [2.45, 2.75) is 124 Å². The summed E-state index contributed by atoms with van der Waals surface area (Å²) in [5.41, 5.74) is 2.84. The molecular formula is C43H58O8. The Hall–Kier alpha value is -4.46. The zero-order valence-corrected chi connectivity index (χ0v) is 30.9. The van der Waals surface area contributed by atoms with Gasteiger partial charge in [0, 0.05) is 0 Å². The third-order valence-electron chi connectivity index (χ3n) is 8.71. The number of ether oxygens (including phenoxy) is 2. The number of hydrogen-bond donors (Lipinski definition) is 2. The van der Waals surface area contributed by atoms with Gasteiger partial charge in [0.25, 0.3) is 0 Å². The highest BCUT2D eigenvalue weighted by Gasteiger charge is 2.23. The second-order valence-electron chi connectivity index (χ2n) is 12.9. The second kappa shape index (κ2) is 25.5. The molecule has 3 rings (SSSR count). The van der Waals surface area contributed by atoms with E-state index in [4.69, 9.17) is 9.47 Å². The Balaban J connectivity index is 0.000000360. The lowest BCUT2D eigenvalue weighted by Crippen LogP contribution is -2.15. The summed E-state index contributed by atoms with van der Waals surface area (Å²) in [5, 5.41) is 18.9. The van der Waals surface area contributed by atoms with Gasteiger partial charge in [-0.25, -0.2) is 19.2 Å². The Morgan fingerprint density at radius 3 is 1.45 bits per heavy atom. The van der Waals surface area contributed by atoms with Crippen molar-refractivity contribution < 1.29 is 38.9 Å². The first kappa shape index (κ1) is 42.7. The molecule has 8 nitrogen and oxygen atoms in total. The molecule has 0 saturated heterocycles. The standard InChI is InChI=1S/C24H38O4.C19H20O4/c1-3-5-7-9-11-15-19-27-23(25)21-17-13-14-18-22(21)24(26)28-20-16-12-10-8-6-4-2;1-2-3-9-14-10-11-15(18(20)21)17(19(22)23)16(14)12-13-7-5-4-6-8-13/h13-14,17-18H,3-12,15-16,19-20H2,1-2H3;4-8,10-11H,2-3,9,12H2,1H3,(H,20,21)(H,22,23). The van der Waals surface area contributed by atoms with Crippen LogP contribution in [0.5, 0.6) is 0 Å². The molecule has 0 unspecified atom stereocenters. The summed E-state index contributed by atoms with van der Waals surface area (Å²) in [4.78, 5) is 47.8. The van der Waals surface area contributed by atoms with Gasteiger partial charge in [0.15, 0.2) is 0 Å². The molecule has 0 amide bonds. The van der Waals surface area contributed by atoms with E-state index in [1.807, 2.05) is 30.3 Å². The fourth-order valence-electron chi connectivity index (χ4n) is 5.81. The van der Waals surface area contributed by atoms with E-state index in [0.717, 1.165) is 56.1 Å². The monoisotopic (exact) mass is 702 g/mol. The molecule has 51 heavy (non-hydrogen) atoms. The maximum atomic E-state index is 12.4. The van der Waals surface area contributed by atoms with Gasteiger partial charge >= 0.3 is 23.9 Å². The topological polar surface area (TPSA) is 127 Å². The Bertz CT molecular complexity index is 1430. The molecule has 0 aromatic heterocycles. The highest BCUT2D eigenvalue weighted by Crippen LogP contribution is 2.25. The minimum absolute atomic E-state index is 0.0880. The summed E-state index contributed by atoms with van der Waals surface area (Å²) in [7, 11) is 0. The van der Waals surface area contributed by atoms with Gasteiger partial charge in [-0.15, -0.1) is 0 Å². The second-order valence-corrected chi connectivity index (χ2v) is 12.9. The van der Waals surface area contributed by atoms with E-state index < -0.39 is 23.9 Å². The molecule has 0 fully saturated rings. The van der Waals surface area contributed by atoms with Crippen molar-refractivity contribution in [2.24, 2.45) is 0 Å². The van der Waals surface area contributed by atoms with E-state index in [-0.39, 0.29) is 11.1 Å². The molecule has 0 aliphatic rings. The van der Waals surface area contributed by atoms with Crippen LogP contribution in [0.1, 0.15) is 169 Å². The number of rotatable bonds is 23. The first-order valence-electron chi connectivity index (χ1n) is 18.8. The summed E-state index contributed by atoms with van der Waals surface area (Å²) in [5.74, 6) is -3.29. The minimum Gasteiger partial charge on any atom is -0.478 e. The lowest BCUT2D eigenvalue weighted by atomic mass is 9.89. The summed E-state index contributed by atoms with van der Waals surface area (Å²) >= 11 is 0. The van der Waals surface area contributed by atoms with E-state index in [9.17, 15) is 29.4 Å². The molecule has 3 aromatic rings. The number of carboxylic acids is 2. The molecule has 0 aliphatic carbocycles. The van der Waals surface area contributed by atoms with Gasteiger partial charge in [-0.3, -0.25) is 0 Å². The molecule has 2 N–H and O–H groups in total. The Kier molecular flexibility index (Phi) is 21.3. The lowest BCUT2D eigenvalue weighted by molar-refractivity contribution is 0.0450. The summed E-state index contributed by atoms with van der Waals surface area (Å²) in [6.07, 6.45) is 16.7. The number of unbranched alkanes of at least 4 members (excludes halogenated alkanes) is 11. The molecule has 8 heteroatoms. The number of hydrogen-bond acceptors (Lipinski definition) is 6. The fraction of sp³-hybridized carbons (Fsp3) is 0.488. The third-order valence-corrected chi connectivity index (χ3v) is 8.71. The molecule has 0 atom stereocenters.